The standard InChI is InChI=1S/C18H21NO4/c1-4-23-16(21)14-13-15(20)19(10-12-8-6-5-7-9-12)17(22)18(13,14)11(2)3/h5-9,11,13-14H,4,10H2,1-3H3. The molecule has 0 radical (unpaired) electrons. The first kappa shape index (κ1) is 15.7. The van der Waals surface area contributed by atoms with Gasteiger partial charge in [-0.05, 0) is 18.4 Å². The second-order valence-electron chi connectivity index (χ2n) is 6.51. The first-order chi connectivity index (χ1) is 11.0. The number of hydrogen-bond acceptors (Lipinski definition) is 4. The summed E-state index contributed by atoms with van der Waals surface area (Å²) < 4.78 is 5.07. The van der Waals surface area contributed by atoms with Crippen molar-refractivity contribution in [1.29, 1.82) is 0 Å². The molecule has 1 saturated carbocycles. The van der Waals surface area contributed by atoms with E-state index >= 15 is 0 Å². The number of ether oxygens (including phenoxy) is 1. The average Bonchev–Trinajstić information content (AvgIpc) is 3.19. The molecule has 5 nitrogen and oxygen atoms in total. The molecule has 0 aromatic heterocycles. The van der Waals surface area contributed by atoms with Crippen LogP contribution in [0.4, 0.5) is 0 Å². The van der Waals surface area contributed by atoms with E-state index in [1.54, 1.807) is 6.92 Å². The molecule has 0 N–H and O–H groups in total. The Kier molecular flexibility index (Phi) is 3.74. The van der Waals surface area contributed by atoms with Crippen molar-refractivity contribution < 1.29 is 19.1 Å². The molecule has 2 aliphatic rings. The molecular formula is C18H21NO4. The Hall–Kier alpha value is -2.17. The van der Waals surface area contributed by atoms with Gasteiger partial charge in [0.05, 0.1) is 30.4 Å². The van der Waals surface area contributed by atoms with Gasteiger partial charge in [-0.25, -0.2) is 0 Å². The van der Waals surface area contributed by atoms with Gasteiger partial charge < -0.3 is 4.74 Å². The van der Waals surface area contributed by atoms with Crippen LogP contribution in [0.1, 0.15) is 26.3 Å². The summed E-state index contributed by atoms with van der Waals surface area (Å²) >= 11 is 0. The number of nitrogens with zero attached hydrogens (tertiary/aromatic N) is 1. The highest BCUT2D eigenvalue weighted by molar-refractivity contribution is 6.16. The van der Waals surface area contributed by atoms with Crippen LogP contribution in [0.5, 0.6) is 0 Å². The van der Waals surface area contributed by atoms with Crippen molar-refractivity contribution in [2.75, 3.05) is 6.61 Å². The van der Waals surface area contributed by atoms with E-state index in [0.717, 1.165) is 5.56 Å². The molecule has 1 aromatic rings. The normalized spacial score (nSPS) is 29.0. The summed E-state index contributed by atoms with van der Waals surface area (Å²) in [5.41, 5.74) is 0.0000679. The molecule has 0 spiro atoms. The van der Waals surface area contributed by atoms with Gasteiger partial charge in [-0.1, -0.05) is 44.2 Å². The van der Waals surface area contributed by atoms with Crippen molar-refractivity contribution in [3.63, 3.8) is 0 Å². The number of amides is 2. The van der Waals surface area contributed by atoms with Gasteiger partial charge in [0.15, 0.2) is 0 Å². The topological polar surface area (TPSA) is 63.7 Å². The predicted molar refractivity (Wildman–Crippen MR) is 82.9 cm³/mol. The minimum atomic E-state index is -0.905. The fourth-order valence-corrected chi connectivity index (χ4v) is 3.97. The summed E-state index contributed by atoms with van der Waals surface area (Å²) in [6, 6.07) is 9.41. The van der Waals surface area contributed by atoms with Crippen LogP contribution in [0.25, 0.3) is 0 Å². The smallest absolute Gasteiger partial charge is 0.310 e. The van der Waals surface area contributed by atoms with E-state index in [4.69, 9.17) is 4.74 Å². The second-order valence-corrected chi connectivity index (χ2v) is 6.51. The number of rotatable bonds is 5. The molecule has 1 heterocycles. The van der Waals surface area contributed by atoms with Gasteiger partial charge in [0, 0.05) is 0 Å². The summed E-state index contributed by atoms with van der Waals surface area (Å²) in [6.45, 7) is 6.03. The number of benzene rings is 1. The van der Waals surface area contributed by atoms with Crippen LogP contribution in [0, 0.1) is 23.2 Å². The van der Waals surface area contributed by atoms with Gasteiger partial charge in [-0.2, -0.15) is 0 Å². The van der Waals surface area contributed by atoms with Crippen LogP contribution in [0.3, 0.4) is 0 Å². The lowest BCUT2D eigenvalue weighted by Crippen LogP contribution is -2.40. The Balaban J connectivity index is 1.87. The molecule has 2 amide bonds. The minimum absolute atomic E-state index is 0.0841. The molecule has 1 saturated heterocycles. The monoisotopic (exact) mass is 315 g/mol. The molecule has 122 valence electrons. The van der Waals surface area contributed by atoms with Gasteiger partial charge in [-0.15, -0.1) is 0 Å². The Morgan fingerprint density at radius 1 is 1.26 bits per heavy atom. The highest BCUT2D eigenvalue weighted by atomic mass is 16.5. The fraction of sp³-hybridized carbons (Fsp3) is 0.500. The first-order valence-electron chi connectivity index (χ1n) is 8.02. The zero-order valence-electron chi connectivity index (χ0n) is 13.6. The molecule has 2 fully saturated rings. The summed E-state index contributed by atoms with van der Waals surface area (Å²) in [5, 5.41) is 0. The molecule has 1 aliphatic heterocycles. The molecule has 23 heavy (non-hydrogen) atoms. The molecule has 3 atom stereocenters. The van der Waals surface area contributed by atoms with E-state index in [-0.39, 0.29) is 30.9 Å². The third-order valence-corrected chi connectivity index (χ3v) is 5.08. The molecule has 1 aromatic carbocycles. The molecule has 3 rings (SSSR count). The van der Waals surface area contributed by atoms with Crippen molar-refractivity contribution in [3.8, 4) is 0 Å². The largest absolute Gasteiger partial charge is 0.466 e. The quantitative estimate of drug-likeness (QED) is 0.616. The zero-order valence-corrected chi connectivity index (χ0v) is 13.6. The lowest BCUT2D eigenvalue weighted by atomic mass is 9.88. The highest BCUT2D eigenvalue weighted by Crippen LogP contribution is 2.68. The predicted octanol–water partition coefficient (Wildman–Crippen LogP) is 2.01. The summed E-state index contributed by atoms with van der Waals surface area (Å²) in [6.07, 6.45) is 0. The van der Waals surface area contributed by atoms with Crippen LogP contribution in [0.2, 0.25) is 0 Å². The van der Waals surface area contributed by atoms with Crippen LogP contribution >= 0.6 is 0 Å². The SMILES string of the molecule is CCOC(=O)C1C2C(=O)N(Cc3ccccc3)C(=O)C12C(C)C. The molecule has 5 heteroatoms. The number of likely N-dealkylation sites (tertiary alicyclic amines) is 1. The van der Waals surface area contributed by atoms with E-state index < -0.39 is 23.2 Å². The number of imide groups is 1. The number of piperidine rings is 1. The van der Waals surface area contributed by atoms with Crippen LogP contribution < -0.4 is 0 Å². The van der Waals surface area contributed by atoms with Crippen molar-refractivity contribution in [2.45, 2.75) is 27.3 Å². The molecule has 3 unspecified atom stereocenters. The Morgan fingerprint density at radius 2 is 1.91 bits per heavy atom. The summed E-state index contributed by atoms with van der Waals surface area (Å²) in [4.78, 5) is 39.1. The second kappa shape index (κ2) is 5.48. The van der Waals surface area contributed by atoms with Crippen LogP contribution in [0.15, 0.2) is 30.3 Å². The van der Waals surface area contributed by atoms with E-state index in [1.165, 1.54) is 4.90 Å². The van der Waals surface area contributed by atoms with Crippen molar-refractivity contribution in [3.05, 3.63) is 35.9 Å². The molecular weight excluding hydrogens is 294 g/mol. The van der Waals surface area contributed by atoms with E-state index in [9.17, 15) is 14.4 Å². The maximum atomic E-state index is 12.9. The Labute approximate surface area is 135 Å². The van der Waals surface area contributed by atoms with Crippen molar-refractivity contribution in [2.24, 2.45) is 23.2 Å². The number of hydrogen-bond donors (Lipinski definition) is 0. The number of carbonyl (C=O) groups is 3. The van der Waals surface area contributed by atoms with Crippen molar-refractivity contribution >= 4 is 17.8 Å². The fourth-order valence-electron chi connectivity index (χ4n) is 3.97. The van der Waals surface area contributed by atoms with Gasteiger partial charge in [0.1, 0.15) is 0 Å². The Morgan fingerprint density at radius 3 is 2.43 bits per heavy atom. The van der Waals surface area contributed by atoms with Gasteiger partial charge in [0.2, 0.25) is 11.8 Å². The molecule has 1 aliphatic carbocycles. The van der Waals surface area contributed by atoms with Crippen molar-refractivity contribution in [1.82, 2.24) is 4.90 Å². The third-order valence-electron chi connectivity index (χ3n) is 5.08. The maximum Gasteiger partial charge on any atom is 0.310 e. The number of carbonyl (C=O) groups excluding carboxylic acids is 3. The number of esters is 1. The van der Waals surface area contributed by atoms with Crippen LogP contribution in [-0.4, -0.2) is 29.3 Å². The third kappa shape index (κ3) is 2.10. The lowest BCUT2D eigenvalue weighted by Gasteiger charge is -2.23. The zero-order chi connectivity index (χ0) is 16.8. The minimum Gasteiger partial charge on any atom is -0.466 e. The average molecular weight is 315 g/mol. The van der Waals surface area contributed by atoms with Gasteiger partial charge in [0.25, 0.3) is 0 Å². The Bertz CT molecular complexity index is 654. The van der Waals surface area contributed by atoms with E-state index in [1.807, 2.05) is 44.2 Å². The van der Waals surface area contributed by atoms with Gasteiger partial charge >= 0.3 is 5.97 Å². The van der Waals surface area contributed by atoms with E-state index in [0.29, 0.717) is 0 Å². The van der Waals surface area contributed by atoms with Crippen LogP contribution in [-0.2, 0) is 25.7 Å². The number of fused-ring (bicyclic) bond motifs is 1. The first-order valence-corrected chi connectivity index (χ1v) is 8.02. The maximum absolute atomic E-state index is 12.9. The molecule has 0 bridgehead atoms. The summed E-state index contributed by atoms with van der Waals surface area (Å²) in [5.74, 6) is -2.16. The lowest BCUT2D eigenvalue weighted by molar-refractivity contribution is -0.154. The summed E-state index contributed by atoms with van der Waals surface area (Å²) in [7, 11) is 0. The highest BCUT2D eigenvalue weighted by Gasteiger charge is 2.83. The van der Waals surface area contributed by atoms with Gasteiger partial charge in [-0.3, -0.25) is 19.3 Å². The van der Waals surface area contributed by atoms with E-state index in [2.05, 4.69) is 0 Å².